The van der Waals surface area contributed by atoms with Gasteiger partial charge in [-0.2, -0.15) is 0 Å². The van der Waals surface area contributed by atoms with Crippen LogP contribution in [0.3, 0.4) is 0 Å². The monoisotopic (exact) mass is 277 g/mol. The van der Waals surface area contributed by atoms with Gasteiger partial charge in [-0.15, -0.1) is 0 Å². The highest BCUT2D eigenvalue weighted by Crippen LogP contribution is 2.32. The van der Waals surface area contributed by atoms with Crippen molar-refractivity contribution >= 4 is 16.5 Å². The van der Waals surface area contributed by atoms with Crippen molar-refractivity contribution in [2.24, 2.45) is 5.73 Å². The van der Waals surface area contributed by atoms with Crippen molar-refractivity contribution in [3.05, 3.63) is 46.3 Å². The van der Waals surface area contributed by atoms with Gasteiger partial charge in [-0.05, 0) is 36.0 Å². The van der Waals surface area contributed by atoms with Crippen LogP contribution in [0.1, 0.15) is 18.1 Å². The zero-order valence-electron chi connectivity index (χ0n) is 10.6. The van der Waals surface area contributed by atoms with Crippen LogP contribution in [-0.4, -0.2) is 32.8 Å². The van der Waals surface area contributed by atoms with Crippen LogP contribution < -0.4 is 5.73 Å². The number of hydrogen-bond acceptors (Lipinski definition) is 6. The predicted molar refractivity (Wildman–Crippen MR) is 73.0 cm³/mol. The number of non-ortho nitro benzene ring substituents is 1. The Morgan fingerprint density at radius 1 is 1.30 bits per heavy atom. The highest BCUT2D eigenvalue weighted by atomic mass is 16.6. The molecule has 0 radical (unpaired) electrons. The maximum Gasteiger partial charge on any atom is 0.278 e. The molecule has 0 amide bonds. The van der Waals surface area contributed by atoms with E-state index in [1.165, 1.54) is 24.5 Å². The molecule has 0 saturated heterocycles. The summed E-state index contributed by atoms with van der Waals surface area (Å²) in [5, 5.41) is 31.8. The van der Waals surface area contributed by atoms with Crippen LogP contribution in [-0.2, 0) is 0 Å². The third-order valence-corrected chi connectivity index (χ3v) is 3.17. The SMILES string of the molecule is NCCC(O)C(O)c1ccc([N+](=O)[O-])c2cnccc12. The Morgan fingerprint density at radius 3 is 2.70 bits per heavy atom. The number of nitrogens with two attached hydrogens (primary N) is 1. The molecule has 20 heavy (non-hydrogen) atoms. The summed E-state index contributed by atoms with van der Waals surface area (Å²) in [7, 11) is 0. The third-order valence-electron chi connectivity index (χ3n) is 3.17. The summed E-state index contributed by atoms with van der Waals surface area (Å²) in [5.74, 6) is 0. The van der Waals surface area contributed by atoms with Gasteiger partial charge in [0.2, 0.25) is 0 Å². The first kappa shape index (κ1) is 14.3. The molecule has 0 saturated carbocycles. The number of fused-ring (bicyclic) bond motifs is 1. The van der Waals surface area contributed by atoms with Crippen molar-refractivity contribution in [2.75, 3.05) is 6.54 Å². The molecule has 0 aliphatic heterocycles. The first-order valence-corrected chi connectivity index (χ1v) is 6.13. The fraction of sp³-hybridized carbons (Fsp3) is 0.308. The number of aliphatic hydroxyl groups excluding tert-OH is 2. The third kappa shape index (κ3) is 2.60. The van der Waals surface area contributed by atoms with Crippen LogP contribution in [0.5, 0.6) is 0 Å². The predicted octanol–water partition coefficient (Wildman–Crippen LogP) is 0.886. The standard InChI is InChI=1S/C13H15N3O4/c14-5-3-12(17)13(18)9-1-2-11(16(19)20)10-7-15-6-4-8(9)10/h1-2,4,6-7,12-13,17-18H,3,5,14H2. The van der Waals surface area contributed by atoms with E-state index in [0.29, 0.717) is 16.3 Å². The second-order valence-corrected chi connectivity index (χ2v) is 4.44. The van der Waals surface area contributed by atoms with Crippen molar-refractivity contribution in [1.29, 1.82) is 0 Å². The van der Waals surface area contributed by atoms with Crippen LogP contribution in [0.25, 0.3) is 10.8 Å². The Hall–Kier alpha value is -2.09. The molecular weight excluding hydrogens is 262 g/mol. The van der Waals surface area contributed by atoms with Crippen molar-refractivity contribution < 1.29 is 15.1 Å². The van der Waals surface area contributed by atoms with Gasteiger partial charge in [-0.1, -0.05) is 0 Å². The Balaban J connectivity index is 2.56. The lowest BCUT2D eigenvalue weighted by Gasteiger charge is -2.19. The quantitative estimate of drug-likeness (QED) is 0.551. The molecule has 0 bridgehead atoms. The second kappa shape index (κ2) is 5.91. The fourth-order valence-corrected chi connectivity index (χ4v) is 2.15. The minimum atomic E-state index is -1.15. The maximum absolute atomic E-state index is 11.0. The van der Waals surface area contributed by atoms with Gasteiger partial charge in [-0.25, -0.2) is 0 Å². The Morgan fingerprint density at radius 2 is 2.05 bits per heavy atom. The topological polar surface area (TPSA) is 123 Å². The van der Waals surface area contributed by atoms with Gasteiger partial charge in [0.15, 0.2) is 0 Å². The van der Waals surface area contributed by atoms with Gasteiger partial charge in [0.05, 0.1) is 16.4 Å². The molecule has 7 nitrogen and oxygen atoms in total. The lowest BCUT2D eigenvalue weighted by atomic mass is 9.96. The Labute approximate surface area is 114 Å². The molecule has 0 spiro atoms. The number of benzene rings is 1. The molecule has 1 aromatic carbocycles. The molecule has 7 heteroatoms. The summed E-state index contributed by atoms with van der Waals surface area (Å²) < 4.78 is 0. The van der Waals surface area contributed by atoms with Gasteiger partial charge in [0.25, 0.3) is 5.69 Å². The number of aromatic nitrogens is 1. The van der Waals surface area contributed by atoms with Crippen LogP contribution in [0.15, 0.2) is 30.6 Å². The molecule has 2 unspecified atom stereocenters. The van der Waals surface area contributed by atoms with E-state index < -0.39 is 17.1 Å². The molecule has 0 aliphatic carbocycles. The molecule has 2 aromatic rings. The van der Waals surface area contributed by atoms with E-state index in [4.69, 9.17) is 5.73 Å². The average Bonchev–Trinajstić information content (AvgIpc) is 2.45. The number of pyridine rings is 1. The normalized spacial score (nSPS) is 14.2. The van der Waals surface area contributed by atoms with E-state index in [9.17, 15) is 20.3 Å². The molecular formula is C13H15N3O4. The molecule has 0 aliphatic rings. The van der Waals surface area contributed by atoms with Gasteiger partial charge in [-0.3, -0.25) is 15.1 Å². The van der Waals surface area contributed by atoms with Gasteiger partial charge in [0.1, 0.15) is 6.10 Å². The minimum absolute atomic E-state index is 0.0858. The molecule has 2 rings (SSSR count). The molecule has 106 valence electrons. The smallest absolute Gasteiger partial charge is 0.278 e. The van der Waals surface area contributed by atoms with Gasteiger partial charge in [0, 0.05) is 18.5 Å². The largest absolute Gasteiger partial charge is 0.390 e. The van der Waals surface area contributed by atoms with Crippen molar-refractivity contribution in [2.45, 2.75) is 18.6 Å². The molecule has 1 heterocycles. The summed E-state index contributed by atoms with van der Waals surface area (Å²) in [6.07, 6.45) is 0.934. The van der Waals surface area contributed by atoms with Crippen molar-refractivity contribution in [1.82, 2.24) is 4.98 Å². The van der Waals surface area contributed by atoms with Crippen molar-refractivity contribution in [3.63, 3.8) is 0 Å². The molecule has 2 atom stereocenters. The van der Waals surface area contributed by atoms with E-state index in [1.807, 2.05) is 0 Å². The van der Waals surface area contributed by atoms with Crippen LogP contribution in [0, 0.1) is 10.1 Å². The van der Waals surface area contributed by atoms with Crippen LogP contribution in [0.4, 0.5) is 5.69 Å². The van der Waals surface area contributed by atoms with E-state index in [1.54, 1.807) is 6.07 Å². The second-order valence-electron chi connectivity index (χ2n) is 4.44. The van der Waals surface area contributed by atoms with Gasteiger partial charge < -0.3 is 15.9 Å². The molecule has 1 aromatic heterocycles. The van der Waals surface area contributed by atoms with Crippen LogP contribution in [0.2, 0.25) is 0 Å². The summed E-state index contributed by atoms with van der Waals surface area (Å²) in [6.45, 7) is 0.241. The first-order chi connectivity index (χ1) is 9.56. The zero-order valence-corrected chi connectivity index (χ0v) is 10.6. The summed E-state index contributed by atoms with van der Waals surface area (Å²) >= 11 is 0. The number of rotatable bonds is 5. The number of nitro groups is 1. The van der Waals surface area contributed by atoms with Crippen LogP contribution >= 0.6 is 0 Å². The fourth-order valence-electron chi connectivity index (χ4n) is 2.15. The minimum Gasteiger partial charge on any atom is -0.390 e. The Kier molecular flexibility index (Phi) is 4.23. The lowest BCUT2D eigenvalue weighted by Crippen LogP contribution is -2.22. The Bertz CT molecular complexity index is 632. The summed E-state index contributed by atoms with van der Waals surface area (Å²) in [4.78, 5) is 14.3. The summed E-state index contributed by atoms with van der Waals surface area (Å²) in [6, 6.07) is 4.33. The zero-order chi connectivity index (χ0) is 14.7. The number of aliphatic hydroxyl groups is 2. The van der Waals surface area contributed by atoms with E-state index >= 15 is 0 Å². The van der Waals surface area contributed by atoms with Crippen molar-refractivity contribution in [3.8, 4) is 0 Å². The lowest BCUT2D eigenvalue weighted by molar-refractivity contribution is -0.383. The summed E-state index contributed by atoms with van der Waals surface area (Å²) in [5.41, 5.74) is 5.69. The van der Waals surface area contributed by atoms with E-state index in [0.717, 1.165) is 0 Å². The number of nitrogens with zero attached hydrogens (tertiary/aromatic N) is 2. The highest BCUT2D eigenvalue weighted by Gasteiger charge is 2.22. The average molecular weight is 277 g/mol. The van der Waals surface area contributed by atoms with Gasteiger partial charge >= 0.3 is 0 Å². The number of nitro benzene ring substituents is 1. The highest BCUT2D eigenvalue weighted by molar-refractivity contribution is 5.92. The maximum atomic E-state index is 11.0. The molecule has 4 N–H and O–H groups in total. The van der Waals surface area contributed by atoms with E-state index in [-0.39, 0.29) is 18.7 Å². The number of hydrogen-bond donors (Lipinski definition) is 3. The van der Waals surface area contributed by atoms with E-state index in [2.05, 4.69) is 4.98 Å². The first-order valence-electron chi connectivity index (χ1n) is 6.13. The molecule has 0 fully saturated rings.